The monoisotopic (exact) mass is 436 g/mol. The number of nitrogen functional groups attached to an aromatic ring is 1. The number of nitrogens with zero attached hydrogens (tertiary/aromatic N) is 5. The SMILES string of the molecule is Cc1ccccc1-n1c(C)nnc1SCc1nc(N)c2c3c(sc2n1)CCCCC3. The van der Waals surface area contributed by atoms with Crippen molar-refractivity contribution in [2.45, 2.75) is 56.9 Å². The van der Waals surface area contributed by atoms with E-state index < -0.39 is 0 Å². The number of thioether (sulfide) groups is 1. The summed E-state index contributed by atoms with van der Waals surface area (Å²) < 4.78 is 2.09. The average molecular weight is 437 g/mol. The molecule has 2 N–H and O–H groups in total. The van der Waals surface area contributed by atoms with Gasteiger partial charge in [-0.2, -0.15) is 0 Å². The first kappa shape index (κ1) is 19.5. The lowest BCUT2D eigenvalue weighted by atomic mass is 10.1. The second kappa shape index (κ2) is 8.00. The van der Waals surface area contributed by atoms with Gasteiger partial charge >= 0.3 is 0 Å². The lowest BCUT2D eigenvalue weighted by Crippen LogP contribution is -2.03. The molecule has 0 radical (unpaired) electrons. The summed E-state index contributed by atoms with van der Waals surface area (Å²) in [5, 5.41) is 10.6. The molecule has 8 heteroatoms. The van der Waals surface area contributed by atoms with E-state index in [1.807, 2.05) is 19.1 Å². The molecule has 4 aromatic rings. The molecule has 0 fully saturated rings. The second-order valence-electron chi connectivity index (χ2n) is 7.71. The third-order valence-corrected chi connectivity index (χ3v) is 7.73. The van der Waals surface area contributed by atoms with Crippen molar-refractivity contribution in [1.82, 2.24) is 24.7 Å². The minimum Gasteiger partial charge on any atom is -0.383 e. The Labute approximate surface area is 184 Å². The molecule has 1 aliphatic rings. The first-order chi connectivity index (χ1) is 14.6. The summed E-state index contributed by atoms with van der Waals surface area (Å²) in [5.41, 5.74) is 10.1. The van der Waals surface area contributed by atoms with Crippen LogP contribution < -0.4 is 5.73 Å². The molecular weight excluding hydrogens is 412 g/mol. The molecule has 0 saturated carbocycles. The van der Waals surface area contributed by atoms with Crippen LogP contribution in [0.15, 0.2) is 29.4 Å². The van der Waals surface area contributed by atoms with Gasteiger partial charge in [0.05, 0.1) is 16.8 Å². The third-order valence-electron chi connectivity index (χ3n) is 5.62. The molecule has 3 aromatic heterocycles. The molecule has 0 aliphatic heterocycles. The Morgan fingerprint density at radius 2 is 1.90 bits per heavy atom. The number of thiophene rings is 1. The average Bonchev–Trinajstić information content (AvgIpc) is 3.18. The van der Waals surface area contributed by atoms with Gasteiger partial charge in [0, 0.05) is 4.88 Å². The standard InChI is InChI=1S/C22H24N6S2/c1-13-8-6-7-10-16(13)28-14(2)26-27-22(28)29-12-18-24-20(23)19-15-9-4-3-5-11-17(15)30-21(19)25-18/h6-8,10H,3-5,9,11-12H2,1-2H3,(H2,23,24,25). The van der Waals surface area contributed by atoms with Crippen molar-refractivity contribution in [3.63, 3.8) is 0 Å². The van der Waals surface area contributed by atoms with Gasteiger partial charge in [-0.1, -0.05) is 36.4 Å². The first-order valence-electron chi connectivity index (χ1n) is 10.3. The Morgan fingerprint density at radius 3 is 2.77 bits per heavy atom. The van der Waals surface area contributed by atoms with Crippen LogP contribution in [-0.4, -0.2) is 24.7 Å². The predicted octanol–water partition coefficient (Wildman–Crippen LogP) is 5.03. The van der Waals surface area contributed by atoms with Crippen LogP contribution in [-0.2, 0) is 18.6 Å². The minimum absolute atomic E-state index is 0.604. The van der Waals surface area contributed by atoms with Crippen LogP contribution in [0.2, 0.25) is 0 Å². The van der Waals surface area contributed by atoms with E-state index in [1.165, 1.54) is 35.3 Å². The van der Waals surface area contributed by atoms with Gasteiger partial charge in [-0.05, 0) is 56.7 Å². The molecule has 30 heavy (non-hydrogen) atoms. The lowest BCUT2D eigenvalue weighted by molar-refractivity contribution is 0.713. The van der Waals surface area contributed by atoms with Crippen molar-refractivity contribution in [1.29, 1.82) is 0 Å². The lowest BCUT2D eigenvalue weighted by Gasteiger charge is -2.11. The summed E-state index contributed by atoms with van der Waals surface area (Å²) in [6, 6.07) is 8.27. The normalized spacial score (nSPS) is 14.1. The number of aryl methyl sites for hydroxylation is 4. The van der Waals surface area contributed by atoms with Crippen LogP contribution in [0, 0.1) is 13.8 Å². The number of para-hydroxylation sites is 1. The number of hydrogen-bond acceptors (Lipinski definition) is 7. The van der Waals surface area contributed by atoms with E-state index >= 15 is 0 Å². The molecule has 5 rings (SSSR count). The van der Waals surface area contributed by atoms with E-state index in [0.29, 0.717) is 11.6 Å². The Balaban J connectivity index is 1.45. The van der Waals surface area contributed by atoms with Crippen LogP contribution >= 0.6 is 23.1 Å². The van der Waals surface area contributed by atoms with E-state index in [-0.39, 0.29) is 0 Å². The van der Waals surface area contributed by atoms with Gasteiger partial charge in [0.25, 0.3) is 0 Å². The van der Waals surface area contributed by atoms with E-state index in [4.69, 9.17) is 10.7 Å². The number of rotatable bonds is 4. The molecule has 0 bridgehead atoms. The Bertz CT molecular complexity index is 1230. The molecule has 154 valence electrons. The smallest absolute Gasteiger partial charge is 0.196 e. The molecule has 0 saturated heterocycles. The third kappa shape index (κ3) is 3.48. The molecule has 1 aliphatic carbocycles. The van der Waals surface area contributed by atoms with Gasteiger partial charge in [0.1, 0.15) is 22.3 Å². The summed E-state index contributed by atoms with van der Waals surface area (Å²) in [4.78, 5) is 12.0. The van der Waals surface area contributed by atoms with Crippen molar-refractivity contribution >= 4 is 39.1 Å². The highest BCUT2D eigenvalue weighted by Crippen LogP contribution is 2.37. The van der Waals surface area contributed by atoms with Crippen molar-refractivity contribution in [2.75, 3.05) is 5.73 Å². The maximum atomic E-state index is 6.40. The molecule has 0 amide bonds. The molecule has 0 atom stereocenters. The number of anilines is 1. The zero-order chi connectivity index (χ0) is 20.7. The number of fused-ring (bicyclic) bond motifs is 3. The van der Waals surface area contributed by atoms with E-state index in [9.17, 15) is 0 Å². The Morgan fingerprint density at radius 1 is 1.07 bits per heavy atom. The fourth-order valence-corrected chi connectivity index (χ4v) is 6.26. The van der Waals surface area contributed by atoms with Crippen molar-refractivity contribution < 1.29 is 0 Å². The quantitative estimate of drug-likeness (QED) is 0.357. The maximum Gasteiger partial charge on any atom is 0.196 e. The maximum absolute atomic E-state index is 6.40. The van der Waals surface area contributed by atoms with Gasteiger partial charge in [-0.25, -0.2) is 9.97 Å². The molecule has 1 aromatic carbocycles. The molecule has 3 heterocycles. The zero-order valence-corrected chi connectivity index (χ0v) is 18.8. The van der Waals surface area contributed by atoms with Crippen LogP contribution in [0.3, 0.4) is 0 Å². The fraction of sp³-hybridized carbons (Fsp3) is 0.364. The highest BCUT2D eigenvalue weighted by Gasteiger charge is 2.20. The number of aromatic nitrogens is 5. The zero-order valence-electron chi connectivity index (χ0n) is 17.2. The molecule has 0 unspecified atom stereocenters. The number of benzene rings is 1. The van der Waals surface area contributed by atoms with Crippen molar-refractivity contribution in [3.05, 3.63) is 51.9 Å². The summed E-state index contributed by atoms with van der Waals surface area (Å²) in [5.74, 6) is 2.84. The van der Waals surface area contributed by atoms with Crippen LogP contribution in [0.4, 0.5) is 5.82 Å². The number of nitrogens with two attached hydrogens (primary N) is 1. The second-order valence-corrected chi connectivity index (χ2v) is 9.74. The van der Waals surface area contributed by atoms with Gasteiger partial charge in [0.15, 0.2) is 5.16 Å². The Kier molecular flexibility index (Phi) is 5.20. The van der Waals surface area contributed by atoms with Gasteiger partial charge in [0.2, 0.25) is 0 Å². The van der Waals surface area contributed by atoms with E-state index in [1.54, 1.807) is 23.1 Å². The number of hydrogen-bond donors (Lipinski definition) is 1. The minimum atomic E-state index is 0.604. The molecule has 0 spiro atoms. The first-order valence-corrected chi connectivity index (χ1v) is 12.1. The fourth-order valence-electron chi connectivity index (χ4n) is 4.13. The summed E-state index contributed by atoms with van der Waals surface area (Å²) in [7, 11) is 0. The largest absolute Gasteiger partial charge is 0.383 e. The summed E-state index contributed by atoms with van der Waals surface area (Å²) >= 11 is 3.39. The van der Waals surface area contributed by atoms with Crippen molar-refractivity contribution in [3.8, 4) is 5.69 Å². The van der Waals surface area contributed by atoms with E-state index in [2.05, 4.69) is 38.8 Å². The molecular formula is C22H24N6S2. The van der Waals surface area contributed by atoms with Gasteiger partial charge < -0.3 is 5.73 Å². The van der Waals surface area contributed by atoms with Crippen LogP contribution in [0.5, 0.6) is 0 Å². The predicted molar refractivity (Wildman–Crippen MR) is 123 cm³/mol. The van der Waals surface area contributed by atoms with Gasteiger partial charge in [-0.3, -0.25) is 4.57 Å². The van der Waals surface area contributed by atoms with Gasteiger partial charge in [-0.15, -0.1) is 21.5 Å². The Hall–Kier alpha value is -2.45. The van der Waals surface area contributed by atoms with E-state index in [0.717, 1.165) is 45.6 Å². The summed E-state index contributed by atoms with van der Waals surface area (Å²) in [6.45, 7) is 4.07. The van der Waals surface area contributed by atoms with Crippen LogP contribution in [0.25, 0.3) is 15.9 Å². The highest BCUT2D eigenvalue weighted by atomic mass is 32.2. The van der Waals surface area contributed by atoms with Crippen molar-refractivity contribution in [2.24, 2.45) is 0 Å². The summed E-state index contributed by atoms with van der Waals surface area (Å²) in [6.07, 6.45) is 6.00. The molecule has 6 nitrogen and oxygen atoms in total. The topological polar surface area (TPSA) is 82.5 Å². The highest BCUT2D eigenvalue weighted by molar-refractivity contribution is 7.98. The van der Waals surface area contributed by atoms with Crippen LogP contribution in [0.1, 0.15) is 46.9 Å².